The van der Waals surface area contributed by atoms with Crippen molar-refractivity contribution in [2.24, 2.45) is 0 Å². The van der Waals surface area contributed by atoms with Gasteiger partial charge in [-0.2, -0.15) is 5.26 Å². The minimum Gasteiger partial charge on any atom is -0.381 e. The molecule has 0 spiro atoms. The van der Waals surface area contributed by atoms with E-state index in [-0.39, 0.29) is 0 Å². The number of hydrogen-bond acceptors (Lipinski definition) is 4. The first-order chi connectivity index (χ1) is 12.7. The van der Waals surface area contributed by atoms with Crippen LogP contribution in [0, 0.1) is 11.3 Å². The minimum absolute atomic E-state index is 0.432. The zero-order valence-corrected chi connectivity index (χ0v) is 15.7. The van der Waals surface area contributed by atoms with E-state index < -0.39 is 5.41 Å². The lowest BCUT2D eigenvalue weighted by Crippen LogP contribution is -2.32. The molecule has 0 bridgehead atoms. The van der Waals surface area contributed by atoms with Gasteiger partial charge in [0.05, 0.1) is 17.0 Å². The summed E-state index contributed by atoms with van der Waals surface area (Å²) in [5, 5.41) is 11.4. The molecule has 1 fully saturated rings. The van der Waals surface area contributed by atoms with Crippen LogP contribution in [0.4, 0.5) is 0 Å². The van der Waals surface area contributed by atoms with Crippen molar-refractivity contribution in [3.05, 3.63) is 65.3 Å². The molecule has 0 N–H and O–H groups in total. The van der Waals surface area contributed by atoms with Crippen molar-refractivity contribution in [1.29, 1.82) is 5.26 Å². The van der Waals surface area contributed by atoms with Crippen molar-refractivity contribution in [3.8, 4) is 6.07 Å². The van der Waals surface area contributed by atoms with Crippen LogP contribution in [0.5, 0.6) is 0 Å². The Hall–Kier alpha value is -2.06. The molecule has 2 heterocycles. The molecular formula is C21H17ClN2OS. The van der Waals surface area contributed by atoms with Crippen LogP contribution in [0.3, 0.4) is 0 Å². The SMILES string of the molecule is N#CC1(c2cccc(Sc3ccc4nc(Cl)ccc4c3)c2)CCOCC1. The summed E-state index contributed by atoms with van der Waals surface area (Å²) in [6, 6.07) is 20.8. The lowest BCUT2D eigenvalue weighted by Gasteiger charge is -2.31. The van der Waals surface area contributed by atoms with Crippen LogP contribution < -0.4 is 0 Å². The van der Waals surface area contributed by atoms with Gasteiger partial charge in [-0.3, -0.25) is 0 Å². The molecule has 0 saturated carbocycles. The van der Waals surface area contributed by atoms with Crippen molar-refractivity contribution in [2.45, 2.75) is 28.0 Å². The molecule has 3 aromatic rings. The average molecular weight is 381 g/mol. The maximum Gasteiger partial charge on any atom is 0.129 e. The highest BCUT2D eigenvalue weighted by Crippen LogP contribution is 2.37. The number of pyridine rings is 1. The predicted octanol–water partition coefficient (Wildman–Crippen LogP) is 5.61. The van der Waals surface area contributed by atoms with E-state index in [2.05, 4.69) is 41.4 Å². The molecule has 130 valence electrons. The van der Waals surface area contributed by atoms with Gasteiger partial charge in [-0.15, -0.1) is 0 Å². The zero-order chi connectivity index (χ0) is 18.0. The third-order valence-electron chi connectivity index (χ3n) is 4.81. The normalized spacial score (nSPS) is 16.3. The smallest absolute Gasteiger partial charge is 0.129 e. The molecule has 1 aliphatic heterocycles. The summed E-state index contributed by atoms with van der Waals surface area (Å²) >= 11 is 7.65. The lowest BCUT2D eigenvalue weighted by atomic mass is 9.75. The Morgan fingerprint density at radius 1 is 1.04 bits per heavy atom. The van der Waals surface area contributed by atoms with E-state index in [9.17, 15) is 5.26 Å². The van der Waals surface area contributed by atoms with E-state index in [0.717, 1.165) is 39.1 Å². The fourth-order valence-electron chi connectivity index (χ4n) is 3.32. The minimum atomic E-state index is -0.432. The topological polar surface area (TPSA) is 45.9 Å². The molecule has 1 saturated heterocycles. The monoisotopic (exact) mass is 380 g/mol. The molecule has 0 amide bonds. The summed E-state index contributed by atoms with van der Waals surface area (Å²) in [5.74, 6) is 0. The number of rotatable bonds is 3. The van der Waals surface area contributed by atoms with Crippen LogP contribution in [0.2, 0.25) is 5.15 Å². The van der Waals surface area contributed by atoms with Gasteiger partial charge in [0, 0.05) is 28.4 Å². The molecule has 0 atom stereocenters. The summed E-state index contributed by atoms with van der Waals surface area (Å²) in [6.07, 6.45) is 1.50. The first kappa shape index (κ1) is 17.4. The molecule has 0 unspecified atom stereocenters. The highest BCUT2D eigenvalue weighted by atomic mass is 35.5. The Kier molecular flexibility index (Phi) is 4.86. The highest BCUT2D eigenvalue weighted by Gasteiger charge is 2.34. The van der Waals surface area contributed by atoms with Crippen molar-refractivity contribution in [2.75, 3.05) is 13.2 Å². The van der Waals surface area contributed by atoms with E-state index in [4.69, 9.17) is 16.3 Å². The van der Waals surface area contributed by atoms with E-state index in [1.54, 1.807) is 17.8 Å². The van der Waals surface area contributed by atoms with Crippen molar-refractivity contribution >= 4 is 34.3 Å². The first-order valence-corrected chi connectivity index (χ1v) is 9.72. The van der Waals surface area contributed by atoms with Crippen LogP contribution in [-0.4, -0.2) is 18.2 Å². The number of ether oxygens (including phenoxy) is 1. The van der Waals surface area contributed by atoms with Gasteiger partial charge in [-0.05, 0) is 60.9 Å². The number of nitrogens with zero attached hydrogens (tertiary/aromatic N) is 2. The predicted molar refractivity (Wildman–Crippen MR) is 105 cm³/mol. The Bertz CT molecular complexity index is 993. The van der Waals surface area contributed by atoms with Crippen LogP contribution in [-0.2, 0) is 10.2 Å². The van der Waals surface area contributed by atoms with Gasteiger partial charge in [-0.25, -0.2) is 4.98 Å². The summed E-state index contributed by atoms with van der Waals surface area (Å²) in [7, 11) is 0. The second kappa shape index (κ2) is 7.28. The van der Waals surface area contributed by atoms with Gasteiger partial charge < -0.3 is 4.74 Å². The number of nitriles is 1. The Morgan fingerprint density at radius 2 is 1.85 bits per heavy atom. The molecule has 5 heteroatoms. The molecule has 0 radical (unpaired) electrons. The maximum absolute atomic E-state index is 9.79. The lowest BCUT2D eigenvalue weighted by molar-refractivity contribution is 0.0675. The third kappa shape index (κ3) is 3.43. The highest BCUT2D eigenvalue weighted by molar-refractivity contribution is 7.99. The number of aromatic nitrogens is 1. The summed E-state index contributed by atoms with van der Waals surface area (Å²) in [6.45, 7) is 1.29. The number of benzene rings is 2. The largest absolute Gasteiger partial charge is 0.381 e. The molecule has 2 aromatic carbocycles. The standard InChI is InChI=1S/C21H17ClN2OS/c22-20-7-4-15-12-18(5-6-19(15)24-20)26-17-3-1-2-16(13-17)21(14-23)8-10-25-11-9-21/h1-7,12-13H,8-11H2. The molecule has 0 aliphatic carbocycles. The van der Waals surface area contributed by atoms with Gasteiger partial charge in [0.2, 0.25) is 0 Å². The third-order valence-corrected chi connectivity index (χ3v) is 6.00. The summed E-state index contributed by atoms with van der Waals surface area (Å²) in [5.41, 5.74) is 1.54. The first-order valence-electron chi connectivity index (χ1n) is 8.52. The van der Waals surface area contributed by atoms with E-state index in [0.29, 0.717) is 18.4 Å². The van der Waals surface area contributed by atoms with Crippen LogP contribution in [0.15, 0.2) is 64.4 Å². The average Bonchev–Trinajstić information content (AvgIpc) is 2.69. The molecule has 4 rings (SSSR count). The fraction of sp³-hybridized carbons (Fsp3) is 0.238. The summed E-state index contributed by atoms with van der Waals surface area (Å²) < 4.78 is 5.45. The van der Waals surface area contributed by atoms with Gasteiger partial charge in [0.25, 0.3) is 0 Å². The van der Waals surface area contributed by atoms with Crippen LogP contribution in [0.25, 0.3) is 10.9 Å². The summed E-state index contributed by atoms with van der Waals surface area (Å²) in [4.78, 5) is 6.59. The van der Waals surface area contributed by atoms with Gasteiger partial charge in [-0.1, -0.05) is 35.5 Å². The van der Waals surface area contributed by atoms with Crippen molar-refractivity contribution in [3.63, 3.8) is 0 Å². The van der Waals surface area contributed by atoms with Crippen LogP contribution >= 0.6 is 23.4 Å². The quantitative estimate of drug-likeness (QED) is 0.554. The van der Waals surface area contributed by atoms with Gasteiger partial charge in [0.1, 0.15) is 5.15 Å². The van der Waals surface area contributed by atoms with Crippen molar-refractivity contribution < 1.29 is 4.74 Å². The van der Waals surface area contributed by atoms with E-state index >= 15 is 0 Å². The zero-order valence-electron chi connectivity index (χ0n) is 14.1. The number of hydrogen-bond donors (Lipinski definition) is 0. The van der Waals surface area contributed by atoms with Gasteiger partial charge in [0.15, 0.2) is 0 Å². The maximum atomic E-state index is 9.79. The number of halogens is 1. The molecule has 3 nitrogen and oxygen atoms in total. The molecule has 26 heavy (non-hydrogen) atoms. The second-order valence-corrected chi connectivity index (χ2v) is 7.96. The Labute approximate surface area is 162 Å². The molecular weight excluding hydrogens is 364 g/mol. The Morgan fingerprint density at radius 3 is 2.65 bits per heavy atom. The van der Waals surface area contributed by atoms with E-state index in [1.807, 2.05) is 18.2 Å². The van der Waals surface area contributed by atoms with Crippen LogP contribution in [0.1, 0.15) is 18.4 Å². The van der Waals surface area contributed by atoms with Crippen molar-refractivity contribution in [1.82, 2.24) is 4.98 Å². The Balaban J connectivity index is 1.63. The number of fused-ring (bicyclic) bond motifs is 1. The molecule has 1 aliphatic rings. The van der Waals surface area contributed by atoms with E-state index in [1.165, 1.54) is 0 Å². The second-order valence-electron chi connectivity index (χ2n) is 6.42. The molecule has 1 aromatic heterocycles. The fourth-order valence-corrected chi connectivity index (χ4v) is 4.40. The van der Waals surface area contributed by atoms with Gasteiger partial charge >= 0.3 is 0 Å².